The monoisotopic (exact) mass is 263 g/mol. The number of ether oxygens (including phenoxy) is 1. The van der Waals surface area contributed by atoms with E-state index < -0.39 is 6.43 Å². The van der Waals surface area contributed by atoms with Gasteiger partial charge in [0.05, 0.1) is 13.7 Å². The summed E-state index contributed by atoms with van der Waals surface area (Å²) in [6.45, 7) is 0.640. The fourth-order valence-electron chi connectivity index (χ4n) is 1.58. The standard InChI is InChI=1S/C12H16ClF2NO/c1-17-11-4-2-3-10(7-11)8-16(6-5-13)9-12(14)15/h2-4,7,12H,5-6,8-9H2,1H3. The van der Waals surface area contributed by atoms with E-state index in [2.05, 4.69) is 0 Å². The third kappa shape index (κ3) is 5.33. The van der Waals surface area contributed by atoms with E-state index in [4.69, 9.17) is 16.3 Å². The van der Waals surface area contributed by atoms with Crippen LogP contribution in [0.4, 0.5) is 8.78 Å². The van der Waals surface area contributed by atoms with Gasteiger partial charge in [-0.2, -0.15) is 0 Å². The summed E-state index contributed by atoms with van der Waals surface area (Å²) < 4.78 is 29.8. The van der Waals surface area contributed by atoms with Crippen molar-refractivity contribution in [3.8, 4) is 5.75 Å². The summed E-state index contributed by atoms with van der Waals surface area (Å²) in [7, 11) is 1.58. The van der Waals surface area contributed by atoms with E-state index >= 15 is 0 Å². The molecule has 0 fully saturated rings. The molecule has 0 saturated heterocycles. The molecule has 1 aromatic rings. The molecule has 0 unspecified atom stereocenters. The van der Waals surface area contributed by atoms with E-state index in [9.17, 15) is 8.78 Å². The van der Waals surface area contributed by atoms with E-state index in [1.807, 2.05) is 24.3 Å². The Hall–Kier alpha value is -0.870. The van der Waals surface area contributed by atoms with Crippen molar-refractivity contribution in [1.29, 1.82) is 0 Å². The first-order valence-corrected chi connectivity index (χ1v) is 5.88. The second-order valence-corrected chi connectivity index (χ2v) is 4.04. The molecule has 0 aliphatic carbocycles. The quantitative estimate of drug-likeness (QED) is 0.701. The lowest BCUT2D eigenvalue weighted by molar-refractivity contribution is 0.0878. The highest BCUT2D eigenvalue weighted by Crippen LogP contribution is 2.15. The largest absolute Gasteiger partial charge is 0.497 e. The van der Waals surface area contributed by atoms with Crippen LogP contribution < -0.4 is 4.74 Å². The number of nitrogens with zero attached hydrogens (tertiary/aromatic N) is 1. The molecular formula is C12H16ClF2NO. The van der Waals surface area contributed by atoms with Crippen LogP contribution in [0.15, 0.2) is 24.3 Å². The minimum absolute atomic E-state index is 0.260. The van der Waals surface area contributed by atoms with Gasteiger partial charge in [0.1, 0.15) is 5.75 Å². The highest BCUT2D eigenvalue weighted by atomic mass is 35.5. The van der Waals surface area contributed by atoms with Gasteiger partial charge >= 0.3 is 0 Å². The summed E-state index contributed by atoms with van der Waals surface area (Å²) in [5.74, 6) is 1.07. The second kappa shape index (κ2) is 7.45. The van der Waals surface area contributed by atoms with Crippen LogP contribution in [0.25, 0.3) is 0 Å². The van der Waals surface area contributed by atoms with E-state index in [0.29, 0.717) is 19.0 Å². The van der Waals surface area contributed by atoms with E-state index in [-0.39, 0.29) is 6.54 Å². The molecule has 1 aromatic carbocycles. The lowest BCUT2D eigenvalue weighted by Crippen LogP contribution is -2.30. The predicted octanol–water partition coefficient (Wildman–Crippen LogP) is 3.00. The number of benzene rings is 1. The SMILES string of the molecule is COc1cccc(CN(CCCl)CC(F)F)c1. The van der Waals surface area contributed by atoms with Gasteiger partial charge in [-0.15, -0.1) is 11.6 Å². The average molecular weight is 264 g/mol. The lowest BCUT2D eigenvalue weighted by atomic mass is 10.2. The molecule has 0 amide bonds. The van der Waals surface area contributed by atoms with Gasteiger partial charge in [0, 0.05) is 19.0 Å². The van der Waals surface area contributed by atoms with Crippen molar-refractivity contribution in [2.24, 2.45) is 0 Å². The van der Waals surface area contributed by atoms with Gasteiger partial charge in [0.2, 0.25) is 0 Å². The minimum Gasteiger partial charge on any atom is -0.497 e. The number of hydrogen-bond donors (Lipinski definition) is 0. The maximum Gasteiger partial charge on any atom is 0.251 e. The number of rotatable bonds is 7. The topological polar surface area (TPSA) is 12.5 Å². The molecule has 0 heterocycles. The molecule has 0 N–H and O–H groups in total. The Kier molecular flexibility index (Phi) is 6.22. The fraction of sp³-hybridized carbons (Fsp3) is 0.500. The molecule has 0 atom stereocenters. The third-order valence-electron chi connectivity index (χ3n) is 2.34. The van der Waals surface area contributed by atoms with E-state index in [1.165, 1.54) is 0 Å². The van der Waals surface area contributed by atoms with Crippen LogP contribution in [-0.2, 0) is 6.54 Å². The van der Waals surface area contributed by atoms with E-state index in [0.717, 1.165) is 11.3 Å². The predicted molar refractivity (Wildman–Crippen MR) is 65.0 cm³/mol. The first-order valence-electron chi connectivity index (χ1n) is 5.35. The molecule has 0 spiro atoms. The Morgan fingerprint density at radius 2 is 2.18 bits per heavy atom. The highest BCUT2D eigenvalue weighted by Gasteiger charge is 2.12. The zero-order valence-electron chi connectivity index (χ0n) is 9.70. The van der Waals surface area contributed by atoms with Crippen molar-refractivity contribution in [2.75, 3.05) is 26.1 Å². The summed E-state index contributed by atoms with van der Waals surface area (Å²) in [5, 5.41) is 0. The Labute approximate surface area is 105 Å². The van der Waals surface area contributed by atoms with Gasteiger partial charge in [-0.3, -0.25) is 4.90 Å². The van der Waals surface area contributed by atoms with Crippen molar-refractivity contribution in [3.05, 3.63) is 29.8 Å². The second-order valence-electron chi connectivity index (χ2n) is 3.67. The smallest absolute Gasteiger partial charge is 0.251 e. The molecule has 0 radical (unpaired) electrons. The molecule has 0 bridgehead atoms. The molecule has 2 nitrogen and oxygen atoms in total. The molecule has 0 saturated carbocycles. The molecule has 0 aliphatic rings. The molecule has 96 valence electrons. The van der Waals surface area contributed by atoms with Crippen LogP contribution in [0.2, 0.25) is 0 Å². The van der Waals surface area contributed by atoms with Crippen molar-refractivity contribution in [1.82, 2.24) is 4.90 Å². The molecular weight excluding hydrogens is 248 g/mol. The lowest BCUT2D eigenvalue weighted by Gasteiger charge is -2.20. The summed E-state index contributed by atoms with van der Waals surface area (Å²) in [6, 6.07) is 7.39. The molecule has 0 aromatic heterocycles. The van der Waals surface area contributed by atoms with Crippen molar-refractivity contribution >= 4 is 11.6 Å². The Balaban J connectivity index is 2.64. The molecule has 0 aliphatic heterocycles. The number of hydrogen-bond acceptors (Lipinski definition) is 2. The average Bonchev–Trinajstić information content (AvgIpc) is 2.29. The first kappa shape index (κ1) is 14.2. The van der Waals surface area contributed by atoms with Gasteiger partial charge in [0.25, 0.3) is 6.43 Å². The van der Waals surface area contributed by atoms with Crippen LogP contribution in [0.1, 0.15) is 5.56 Å². The summed E-state index contributed by atoms with van der Waals surface area (Å²) in [5.41, 5.74) is 0.940. The van der Waals surface area contributed by atoms with Crippen LogP contribution in [0.3, 0.4) is 0 Å². The zero-order chi connectivity index (χ0) is 12.7. The first-order chi connectivity index (χ1) is 8.15. The van der Waals surface area contributed by atoms with Gasteiger partial charge in [-0.25, -0.2) is 8.78 Å². The number of methoxy groups -OCH3 is 1. The van der Waals surface area contributed by atoms with Gasteiger partial charge in [-0.1, -0.05) is 12.1 Å². The van der Waals surface area contributed by atoms with E-state index in [1.54, 1.807) is 12.0 Å². The maximum atomic E-state index is 12.3. The minimum atomic E-state index is -2.34. The number of alkyl halides is 3. The van der Waals surface area contributed by atoms with Crippen LogP contribution in [0.5, 0.6) is 5.75 Å². The van der Waals surface area contributed by atoms with Crippen molar-refractivity contribution < 1.29 is 13.5 Å². The Bertz CT molecular complexity index is 336. The molecule has 17 heavy (non-hydrogen) atoms. The van der Waals surface area contributed by atoms with Gasteiger partial charge in [-0.05, 0) is 17.7 Å². The van der Waals surface area contributed by atoms with Crippen LogP contribution in [-0.4, -0.2) is 37.4 Å². The maximum absolute atomic E-state index is 12.3. The summed E-state index contributed by atoms with van der Waals surface area (Å²) in [6.07, 6.45) is -2.34. The molecule has 5 heteroatoms. The Morgan fingerprint density at radius 3 is 2.76 bits per heavy atom. The molecule has 1 rings (SSSR count). The normalized spacial score (nSPS) is 11.2. The summed E-state index contributed by atoms with van der Waals surface area (Å²) >= 11 is 5.59. The fourth-order valence-corrected chi connectivity index (χ4v) is 1.82. The van der Waals surface area contributed by atoms with Gasteiger partial charge < -0.3 is 4.74 Å². The van der Waals surface area contributed by atoms with Crippen molar-refractivity contribution in [2.45, 2.75) is 13.0 Å². The van der Waals surface area contributed by atoms with Crippen molar-refractivity contribution in [3.63, 3.8) is 0 Å². The van der Waals surface area contributed by atoms with Crippen LogP contribution >= 0.6 is 11.6 Å². The highest BCUT2D eigenvalue weighted by molar-refractivity contribution is 6.18. The summed E-state index contributed by atoms with van der Waals surface area (Å²) in [4.78, 5) is 1.63. The number of halogens is 3. The zero-order valence-corrected chi connectivity index (χ0v) is 10.5. The Morgan fingerprint density at radius 1 is 1.41 bits per heavy atom. The third-order valence-corrected chi connectivity index (χ3v) is 2.51. The van der Waals surface area contributed by atoms with Gasteiger partial charge in [0.15, 0.2) is 0 Å². The van der Waals surface area contributed by atoms with Crippen LogP contribution in [0, 0.1) is 0 Å².